The van der Waals surface area contributed by atoms with Crippen LogP contribution in [0.2, 0.25) is 0 Å². The summed E-state index contributed by atoms with van der Waals surface area (Å²) < 4.78 is 0. The Morgan fingerprint density at radius 1 is 1.16 bits per heavy atom. The third kappa shape index (κ3) is 5.33. The zero-order valence-electron chi connectivity index (χ0n) is 12.7. The minimum atomic E-state index is -0.221. The van der Waals surface area contributed by atoms with E-state index in [9.17, 15) is 4.79 Å². The van der Waals surface area contributed by atoms with Crippen molar-refractivity contribution in [3.8, 4) is 0 Å². The van der Waals surface area contributed by atoms with Crippen LogP contribution in [0.4, 0.5) is 5.69 Å². The van der Waals surface area contributed by atoms with Gasteiger partial charge in [-0.3, -0.25) is 4.79 Å². The highest BCUT2D eigenvalue weighted by Gasteiger charge is 2.12. The zero-order valence-corrected chi connectivity index (χ0v) is 12.7. The van der Waals surface area contributed by atoms with Gasteiger partial charge in [0, 0.05) is 12.2 Å². The second-order valence-corrected chi connectivity index (χ2v) is 5.79. The van der Waals surface area contributed by atoms with Gasteiger partial charge in [0.2, 0.25) is 5.91 Å². The standard InChI is InChI=1S/C16H26N2O/c1-11(2)10-17-16(19)13(5)18-15-8-6-7-14(9-15)12(3)4/h6-9,11-13,18H,10H2,1-5H3,(H,17,19). The third-order valence-electron chi connectivity index (χ3n) is 3.01. The molecule has 0 spiro atoms. The number of hydrogen-bond acceptors (Lipinski definition) is 2. The van der Waals surface area contributed by atoms with Crippen LogP contribution in [-0.4, -0.2) is 18.5 Å². The molecular weight excluding hydrogens is 236 g/mol. The van der Waals surface area contributed by atoms with Gasteiger partial charge in [0.25, 0.3) is 0 Å². The summed E-state index contributed by atoms with van der Waals surface area (Å²) in [6, 6.07) is 8.02. The molecule has 1 amide bonds. The van der Waals surface area contributed by atoms with E-state index in [4.69, 9.17) is 0 Å². The van der Waals surface area contributed by atoms with Crippen LogP contribution in [0.15, 0.2) is 24.3 Å². The molecule has 1 aromatic rings. The highest BCUT2D eigenvalue weighted by Crippen LogP contribution is 2.18. The lowest BCUT2D eigenvalue weighted by atomic mass is 10.0. The van der Waals surface area contributed by atoms with Crippen LogP contribution in [0.1, 0.15) is 46.1 Å². The van der Waals surface area contributed by atoms with Crippen molar-refractivity contribution in [2.24, 2.45) is 5.92 Å². The Balaban J connectivity index is 2.58. The van der Waals surface area contributed by atoms with E-state index < -0.39 is 0 Å². The first kappa shape index (κ1) is 15.5. The first-order valence-electron chi connectivity index (χ1n) is 7.04. The number of benzene rings is 1. The van der Waals surface area contributed by atoms with Crippen molar-refractivity contribution in [2.45, 2.75) is 46.6 Å². The lowest BCUT2D eigenvalue weighted by molar-refractivity contribution is -0.121. The monoisotopic (exact) mass is 262 g/mol. The molecule has 3 nitrogen and oxygen atoms in total. The molecule has 1 rings (SSSR count). The Hall–Kier alpha value is -1.51. The predicted octanol–water partition coefficient (Wildman–Crippen LogP) is 3.38. The Morgan fingerprint density at radius 3 is 2.42 bits per heavy atom. The molecule has 0 aliphatic heterocycles. The normalized spacial score (nSPS) is 12.6. The van der Waals surface area contributed by atoms with E-state index in [2.05, 4.69) is 50.5 Å². The summed E-state index contributed by atoms with van der Waals surface area (Å²) in [5.74, 6) is 1.01. The van der Waals surface area contributed by atoms with Crippen LogP contribution in [0.5, 0.6) is 0 Å². The van der Waals surface area contributed by atoms with Crippen molar-refractivity contribution in [1.82, 2.24) is 5.32 Å². The molecule has 0 bridgehead atoms. The summed E-state index contributed by atoms with van der Waals surface area (Å²) in [7, 11) is 0. The Labute approximate surface area is 116 Å². The molecular formula is C16H26N2O. The largest absolute Gasteiger partial charge is 0.374 e. The maximum absolute atomic E-state index is 11.9. The molecule has 0 fully saturated rings. The minimum absolute atomic E-state index is 0.0450. The summed E-state index contributed by atoms with van der Waals surface area (Å²) in [5.41, 5.74) is 2.28. The molecule has 1 atom stereocenters. The van der Waals surface area contributed by atoms with Crippen molar-refractivity contribution < 1.29 is 4.79 Å². The fourth-order valence-electron chi connectivity index (χ4n) is 1.76. The second-order valence-electron chi connectivity index (χ2n) is 5.79. The van der Waals surface area contributed by atoms with Crippen LogP contribution in [0.3, 0.4) is 0 Å². The number of carbonyl (C=O) groups is 1. The Bertz CT molecular complexity index is 413. The fourth-order valence-corrected chi connectivity index (χ4v) is 1.76. The van der Waals surface area contributed by atoms with E-state index in [0.29, 0.717) is 11.8 Å². The van der Waals surface area contributed by atoms with Crippen molar-refractivity contribution in [2.75, 3.05) is 11.9 Å². The van der Waals surface area contributed by atoms with Crippen molar-refractivity contribution >= 4 is 11.6 Å². The SMILES string of the molecule is CC(C)CNC(=O)C(C)Nc1cccc(C(C)C)c1. The lowest BCUT2D eigenvalue weighted by Crippen LogP contribution is -2.39. The average Bonchev–Trinajstić information content (AvgIpc) is 2.36. The van der Waals surface area contributed by atoms with E-state index in [1.165, 1.54) is 5.56 Å². The molecule has 0 aliphatic rings. The van der Waals surface area contributed by atoms with Gasteiger partial charge in [-0.2, -0.15) is 0 Å². The molecule has 0 heterocycles. The van der Waals surface area contributed by atoms with E-state index in [1.54, 1.807) is 0 Å². The molecule has 0 radical (unpaired) electrons. The predicted molar refractivity (Wildman–Crippen MR) is 81.5 cm³/mol. The number of rotatable bonds is 6. The van der Waals surface area contributed by atoms with Crippen LogP contribution >= 0.6 is 0 Å². The molecule has 0 saturated carbocycles. The molecule has 0 saturated heterocycles. The topological polar surface area (TPSA) is 41.1 Å². The maximum Gasteiger partial charge on any atom is 0.242 e. The number of carbonyl (C=O) groups excluding carboxylic acids is 1. The molecule has 1 unspecified atom stereocenters. The fraction of sp³-hybridized carbons (Fsp3) is 0.562. The molecule has 0 aliphatic carbocycles. The van der Waals surface area contributed by atoms with Gasteiger partial charge in [-0.05, 0) is 36.5 Å². The quantitative estimate of drug-likeness (QED) is 0.825. The number of hydrogen-bond donors (Lipinski definition) is 2. The smallest absolute Gasteiger partial charge is 0.242 e. The molecule has 0 aromatic heterocycles. The summed E-state index contributed by atoms with van der Waals surface area (Å²) in [5, 5.41) is 6.19. The molecule has 3 heteroatoms. The molecule has 19 heavy (non-hydrogen) atoms. The second kappa shape index (κ2) is 7.17. The van der Waals surface area contributed by atoms with E-state index in [-0.39, 0.29) is 11.9 Å². The van der Waals surface area contributed by atoms with Gasteiger partial charge in [0.05, 0.1) is 0 Å². The van der Waals surface area contributed by atoms with E-state index >= 15 is 0 Å². The van der Waals surface area contributed by atoms with Gasteiger partial charge >= 0.3 is 0 Å². The average molecular weight is 262 g/mol. The highest BCUT2D eigenvalue weighted by molar-refractivity contribution is 5.84. The van der Waals surface area contributed by atoms with Gasteiger partial charge in [-0.15, -0.1) is 0 Å². The first-order valence-corrected chi connectivity index (χ1v) is 7.04. The van der Waals surface area contributed by atoms with Crippen LogP contribution < -0.4 is 10.6 Å². The number of nitrogens with one attached hydrogen (secondary N) is 2. The van der Waals surface area contributed by atoms with Gasteiger partial charge < -0.3 is 10.6 Å². The van der Waals surface area contributed by atoms with Gasteiger partial charge in [0.15, 0.2) is 0 Å². The molecule has 1 aromatic carbocycles. The zero-order chi connectivity index (χ0) is 14.4. The molecule has 106 valence electrons. The maximum atomic E-state index is 11.9. The van der Waals surface area contributed by atoms with E-state index in [1.807, 2.05) is 19.1 Å². The third-order valence-corrected chi connectivity index (χ3v) is 3.01. The first-order chi connectivity index (χ1) is 8.90. The van der Waals surface area contributed by atoms with Gasteiger partial charge in [-0.1, -0.05) is 39.8 Å². The molecule has 2 N–H and O–H groups in total. The number of anilines is 1. The van der Waals surface area contributed by atoms with Gasteiger partial charge in [0.1, 0.15) is 6.04 Å². The summed E-state index contributed by atoms with van der Waals surface area (Å²) in [4.78, 5) is 11.9. The minimum Gasteiger partial charge on any atom is -0.374 e. The van der Waals surface area contributed by atoms with Crippen LogP contribution in [0, 0.1) is 5.92 Å². The Kier molecular flexibility index (Phi) is 5.87. The van der Waals surface area contributed by atoms with Crippen LogP contribution in [0.25, 0.3) is 0 Å². The van der Waals surface area contributed by atoms with E-state index in [0.717, 1.165) is 12.2 Å². The number of amides is 1. The summed E-state index contributed by atoms with van der Waals surface area (Å²) >= 11 is 0. The van der Waals surface area contributed by atoms with Crippen LogP contribution in [-0.2, 0) is 4.79 Å². The van der Waals surface area contributed by atoms with Crippen molar-refractivity contribution in [3.63, 3.8) is 0 Å². The summed E-state index contributed by atoms with van der Waals surface area (Å²) in [6.07, 6.45) is 0. The highest BCUT2D eigenvalue weighted by atomic mass is 16.2. The van der Waals surface area contributed by atoms with Gasteiger partial charge in [-0.25, -0.2) is 0 Å². The van der Waals surface area contributed by atoms with Crippen molar-refractivity contribution in [3.05, 3.63) is 29.8 Å². The summed E-state index contributed by atoms with van der Waals surface area (Å²) in [6.45, 7) is 11.1. The lowest BCUT2D eigenvalue weighted by Gasteiger charge is -2.17. The Morgan fingerprint density at radius 2 is 1.84 bits per heavy atom. The van der Waals surface area contributed by atoms with Crippen molar-refractivity contribution in [1.29, 1.82) is 0 Å².